The van der Waals surface area contributed by atoms with Gasteiger partial charge in [0.2, 0.25) is 0 Å². The smallest absolute Gasteiger partial charge is 0.270 e. The summed E-state index contributed by atoms with van der Waals surface area (Å²) in [5.74, 6) is 0.949. The minimum Gasteiger partial charge on any atom is -0.467 e. The van der Waals surface area contributed by atoms with Crippen LogP contribution in [0.2, 0.25) is 0 Å². The lowest BCUT2D eigenvalue weighted by molar-refractivity contribution is -0.385. The standard InChI is InChI=1S/C21H15N3O5S2/c25-19-17-16(12-4-2-1-3-5-12)10-30-20(17)23-21(22-19)31-9-14-7-15(24(26)27)6-13-8-28-11-29-18(13)14/h1-7,10H,8-9,11H2,(H,22,23,25). The van der Waals surface area contributed by atoms with E-state index in [9.17, 15) is 14.9 Å². The first-order valence-electron chi connectivity index (χ1n) is 9.30. The number of H-pyrrole nitrogens is 1. The monoisotopic (exact) mass is 453 g/mol. The molecule has 1 N–H and O–H groups in total. The number of benzene rings is 2. The number of nitrogens with zero attached hydrogens (tertiary/aromatic N) is 2. The van der Waals surface area contributed by atoms with E-state index in [1.807, 2.05) is 35.7 Å². The molecule has 0 aliphatic carbocycles. The average molecular weight is 454 g/mol. The molecule has 2 aromatic carbocycles. The van der Waals surface area contributed by atoms with Gasteiger partial charge in [0.15, 0.2) is 11.9 Å². The van der Waals surface area contributed by atoms with E-state index in [-0.39, 0.29) is 24.6 Å². The van der Waals surface area contributed by atoms with E-state index in [2.05, 4.69) is 9.97 Å². The molecule has 31 heavy (non-hydrogen) atoms. The Labute approximate surface area is 184 Å². The number of thioether (sulfide) groups is 1. The number of aromatic nitrogens is 2. The summed E-state index contributed by atoms with van der Waals surface area (Å²) in [6.07, 6.45) is 0. The molecular formula is C21H15N3O5S2. The minimum atomic E-state index is -0.439. The maximum atomic E-state index is 12.8. The third-order valence-corrected chi connectivity index (χ3v) is 6.65. The maximum absolute atomic E-state index is 12.8. The van der Waals surface area contributed by atoms with Crippen molar-refractivity contribution in [2.45, 2.75) is 17.5 Å². The SMILES string of the molecule is O=c1[nH]c(SCc2cc([N+](=O)[O-])cc3c2OCOC3)nc2scc(-c3ccccc3)c12. The highest BCUT2D eigenvalue weighted by Crippen LogP contribution is 2.36. The molecule has 156 valence electrons. The summed E-state index contributed by atoms with van der Waals surface area (Å²) in [5, 5.41) is 14.2. The molecule has 0 fully saturated rings. The number of fused-ring (bicyclic) bond motifs is 2. The first kappa shape index (κ1) is 19.7. The fourth-order valence-electron chi connectivity index (χ4n) is 3.47. The van der Waals surface area contributed by atoms with Crippen LogP contribution >= 0.6 is 23.1 Å². The molecule has 0 amide bonds. The van der Waals surface area contributed by atoms with Crippen LogP contribution in [0.4, 0.5) is 5.69 Å². The number of nitro benzene ring substituents is 1. The van der Waals surface area contributed by atoms with Crippen LogP contribution in [0, 0.1) is 10.1 Å². The summed E-state index contributed by atoms with van der Waals surface area (Å²) in [6.45, 7) is 0.355. The van der Waals surface area contributed by atoms with E-state index in [1.165, 1.54) is 35.2 Å². The van der Waals surface area contributed by atoms with E-state index in [4.69, 9.17) is 9.47 Å². The van der Waals surface area contributed by atoms with Gasteiger partial charge in [-0.2, -0.15) is 0 Å². The molecule has 0 atom stereocenters. The molecule has 1 aliphatic heterocycles. The molecule has 0 unspecified atom stereocenters. The molecule has 1 aliphatic rings. The highest BCUT2D eigenvalue weighted by atomic mass is 32.2. The number of non-ortho nitro benzene ring substituents is 1. The van der Waals surface area contributed by atoms with Crippen LogP contribution < -0.4 is 10.3 Å². The summed E-state index contributed by atoms with van der Waals surface area (Å²) >= 11 is 2.71. The molecule has 4 aromatic rings. The molecule has 10 heteroatoms. The zero-order valence-corrected chi connectivity index (χ0v) is 17.6. The number of nitro groups is 1. The minimum absolute atomic E-state index is 0.0221. The van der Waals surface area contributed by atoms with E-state index < -0.39 is 4.92 Å². The maximum Gasteiger partial charge on any atom is 0.270 e. The Kier molecular flexibility index (Phi) is 5.18. The highest BCUT2D eigenvalue weighted by Gasteiger charge is 2.21. The van der Waals surface area contributed by atoms with Gasteiger partial charge in [0.05, 0.1) is 16.9 Å². The molecule has 5 rings (SSSR count). The second-order valence-electron chi connectivity index (χ2n) is 6.82. The predicted octanol–water partition coefficient (Wildman–Crippen LogP) is 4.72. The second-order valence-corrected chi connectivity index (χ2v) is 8.64. The van der Waals surface area contributed by atoms with Gasteiger partial charge in [-0.05, 0) is 5.56 Å². The molecule has 3 heterocycles. The number of rotatable bonds is 5. The Hall–Kier alpha value is -3.21. The van der Waals surface area contributed by atoms with Crippen LogP contribution in [-0.2, 0) is 17.1 Å². The van der Waals surface area contributed by atoms with Gasteiger partial charge in [-0.25, -0.2) is 4.98 Å². The summed E-state index contributed by atoms with van der Waals surface area (Å²) in [4.78, 5) is 31.7. The van der Waals surface area contributed by atoms with E-state index >= 15 is 0 Å². The van der Waals surface area contributed by atoms with Crippen LogP contribution in [0.15, 0.2) is 57.8 Å². The van der Waals surface area contributed by atoms with Gasteiger partial charge >= 0.3 is 0 Å². The largest absolute Gasteiger partial charge is 0.467 e. The Morgan fingerprint density at radius 3 is 2.90 bits per heavy atom. The van der Waals surface area contributed by atoms with Gasteiger partial charge in [0.1, 0.15) is 10.6 Å². The van der Waals surface area contributed by atoms with Crippen molar-refractivity contribution in [3.05, 3.63) is 79.4 Å². The Balaban J connectivity index is 1.47. The molecule has 0 spiro atoms. The summed E-state index contributed by atoms with van der Waals surface area (Å²) < 4.78 is 10.8. The lowest BCUT2D eigenvalue weighted by Crippen LogP contribution is -2.13. The predicted molar refractivity (Wildman–Crippen MR) is 119 cm³/mol. The zero-order chi connectivity index (χ0) is 21.4. The molecule has 0 saturated carbocycles. The van der Waals surface area contributed by atoms with Gasteiger partial charge < -0.3 is 14.5 Å². The van der Waals surface area contributed by atoms with Gasteiger partial charge in [-0.3, -0.25) is 14.9 Å². The Bertz CT molecular complexity index is 1350. The van der Waals surface area contributed by atoms with Crippen molar-refractivity contribution < 1.29 is 14.4 Å². The second kappa shape index (κ2) is 8.14. The quantitative estimate of drug-likeness (QED) is 0.202. The fraction of sp³-hybridized carbons (Fsp3) is 0.143. The zero-order valence-electron chi connectivity index (χ0n) is 16.0. The number of thiophene rings is 1. The van der Waals surface area contributed by atoms with E-state index in [0.717, 1.165) is 11.1 Å². The highest BCUT2D eigenvalue weighted by molar-refractivity contribution is 7.98. The summed E-state index contributed by atoms with van der Waals surface area (Å²) in [7, 11) is 0. The molecule has 8 nitrogen and oxygen atoms in total. The summed E-state index contributed by atoms with van der Waals surface area (Å²) in [6, 6.07) is 12.7. The first-order valence-corrected chi connectivity index (χ1v) is 11.2. The van der Waals surface area contributed by atoms with Gasteiger partial charge in [0, 0.05) is 40.0 Å². The normalized spacial score (nSPS) is 13.0. The number of aromatic amines is 1. The Morgan fingerprint density at radius 1 is 1.26 bits per heavy atom. The topological polar surface area (TPSA) is 107 Å². The van der Waals surface area contributed by atoms with E-state index in [0.29, 0.717) is 38.0 Å². The van der Waals surface area contributed by atoms with Crippen molar-refractivity contribution in [1.82, 2.24) is 9.97 Å². The van der Waals surface area contributed by atoms with Crippen LogP contribution in [0.1, 0.15) is 11.1 Å². The number of hydrogen-bond donors (Lipinski definition) is 1. The fourth-order valence-corrected chi connectivity index (χ4v) is 5.30. The molecular weight excluding hydrogens is 438 g/mol. The summed E-state index contributed by atoms with van der Waals surface area (Å²) in [5.41, 5.74) is 2.88. The Morgan fingerprint density at radius 2 is 2.10 bits per heavy atom. The lowest BCUT2D eigenvalue weighted by atomic mass is 10.1. The molecule has 0 saturated heterocycles. The third kappa shape index (κ3) is 3.80. The van der Waals surface area contributed by atoms with Gasteiger partial charge in [-0.1, -0.05) is 42.1 Å². The van der Waals surface area contributed by atoms with Crippen LogP contribution in [0.5, 0.6) is 5.75 Å². The average Bonchev–Trinajstić information content (AvgIpc) is 3.22. The van der Waals surface area contributed by atoms with Crippen LogP contribution in [0.25, 0.3) is 21.3 Å². The number of hydrogen-bond acceptors (Lipinski definition) is 8. The third-order valence-electron chi connectivity index (χ3n) is 4.85. The molecule has 2 aromatic heterocycles. The number of ether oxygens (including phenoxy) is 2. The first-order chi connectivity index (χ1) is 15.1. The molecule has 0 radical (unpaired) electrons. The van der Waals surface area contributed by atoms with Crippen molar-refractivity contribution in [2.75, 3.05) is 6.79 Å². The van der Waals surface area contributed by atoms with Crippen molar-refractivity contribution >= 4 is 39.0 Å². The van der Waals surface area contributed by atoms with Crippen molar-refractivity contribution in [3.63, 3.8) is 0 Å². The number of nitrogens with one attached hydrogen (secondary N) is 1. The van der Waals surface area contributed by atoms with Gasteiger partial charge in [-0.15, -0.1) is 11.3 Å². The van der Waals surface area contributed by atoms with E-state index in [1.54, 1.807) is 0 Å². The van der Waals surface area contributed by atoms with Gasteiger partial charge in [0.25, 0.3) is 11.2 Å². The lowest BCUT2D eigenvalue weighted by Gasteiger charge is -2.20. The molecule has 0 bridgehead atoms. The van der Waals surface area contributed by atoms with Crippen molar-refractivity contribution in [3.8, 4) is 16.9 Å². The van der Waals surface area contributed by atoms with Crippen LogP contribution in [0.3, 0.4) is 0 Å². The van der Waals surface area contributed by atoms with Crippen molar-refractivity contribution in [1.29, 1.82) is 0 Å². The van der Waals surface area contributed by atoms with Crippen molar-refractivity contribution in [2.24, 2.45) is 0 Å². The van der Waals surface area contributed by atoms with Crippen LogP contribution in [-0.4, -0.2) is 21.7 Å².